The largest absolute Gasteiger partial charge is 0.573 e. The van der Waals surface area contributed by atoms with E-state index in [0.29, 0.717) is 18.1 Å². The maximum atomic E-state index is 12.6. The Labute approximate surface area is 264 Å². The van der Waals surface area contributed by atoms with Crippen molar-refractivity contribution in [3.8, 4) is 22.8 Å². The first-order chi connectivity index (χ1) is 21.7. The molecule has 12 heteroatoms. The van der Waals surface area contributed by atoms with Gasteiger partial charge < -0.3 is 15.0 Å². The number of urea groups is 1. The number of carbonyl (C=O) groups excluding carboxylic acids is 1. The van der Waals surface area contributed by atoms with Crippen LogP contribution < -0.4 is 15.0 Å². The molecule has 0 radical (unpaired) electrons. The van der Waals surface area contributed by atoms with Crippen LogP contribution in [-0.2, 0) is 12.8 Å². The molecule has 3 aromatic carbocycles. The zero-order valence-electron chi connectivity index (χ0n) is 25.2. The molecule has 2 heterocycles. The van der Waals surface area contributed by atoms with Crippen molar-refractivity contribution in [2.75, 3.05) is 23.7 Å². The van der Waals surface area contributed by atoms with Crippen LogP contribution in [0.4, 0.5) is 23.7 Å². The normalized spacial score (nSPS) is 14.2. The number of ether oxygens (including phenoxy) is 1. The average Bonchev–Trinajstić information content (AvgIpc) is 3.68. The molecule has 1 aromatic heterocycles. The monoisotopic (exact) mass is 636 g/mol. The number of halogens is 3. The Hall–Kier alpha value is -4.32. The van der Waals surface area contributed by atoms with Gasteiger partial charge in [-0.15, -0.1) is 18.3 Å². The Morgan fingerprint density at radius 2 is 1.82 bits per heavy atom. The number of carbonyl (C=O) groups is 1. The highest BCUT2D eigenvalue weighted by molar-refractivity contribution is 8.14. The van der Waals surface area contributed by atoms with Crippen LogP contribution in [0.25, 0.3) is 17.1 Å². The van der Waals surface area contributed by atoms with Crippen molar-refractivity contribution >= 4 is 28.6 Å². The minimum absolute atomic E-state index is 0.298. The zero-order chi connectivity index (χ0) is 31.8. The molecule has 2 amide bonds. The molecule has 0 unspecified atom stereocenters. The van der Waals surface area contributed by atoms with Crippen LogP contribution in [0.3, 0.4) is 0 Å². The molecule has 4 aromatic rings. The molecule has 0 spiro atoms. The number of unbranched alkanes of at least 4 members (excludes halogenated alkanes) is 1. The molecule has 236 valence electrons. The maximum absolute atomic E-state index is 12.6. The van der Waals surface area contributed by atoms with Crippen LogP contribution in [0.1, 0.15) is 42.9 Å². The third-order valence-electron chi connectivity index (χ3n) is 7.23. The SMILES string of the molecule is CCCc1ccc(C)cc1N1CCS/C1=N\C(=O)NCCCCc1ccc(-c2ncn(-c3ccc(OC(F)(F)F)cc3)n2)cc1. The van der Waals surface area contributed by atoms with Crippen molar-refractivity contribution < 1.29 is 22.7 Å². The van der Waals surface area contributed by atoms with Gasteiger partial charge in [0.25, 0.3) is 0 Å². The van der Waals surface area contributed by atoms with E-state index in [1.165, 1.54) is 46.4 Å². The molecule has 1 aliphatic rings. The standard InChI is InChI=1S/C33H35F3N6O2S/c1-3-6-25-11-8-23(2)21-29(25)41-19-20-45-32(41)39-31(43)37-18-5-4-7-24-9-12-26(13-10-24)30-38-22-42(40-30)27-14-16-28(17-15-27)44-33(34,35)36/h8-17,21-22H,3-7,18-20H2,1-2H3,(H,37,43)/b39-32-. The number of thioether (sulfide) groups is 1. The summed E-state index contributed by atoms with van der Waals surface area (Å²) in [6.07, 6.45) is 1.41. The van der Waals surface area contributed by atoms with E-state index >= 15 is 0 Å². The van der Waals surface area contributed by atoms with Crippen LogP contribution in [0.5, 0.6) is 5.75 Å². The fraction of sp³-hybridized carbons (Fsp3) is 0.333. The lowest BCUT2D eigenvalue weighted by atomic mass is 10.0. The number of rotatable bonds is 11. The van der Waals surface area contributed by atoms with Gasteiger partial charge in [0.05, 0.1) is 5.69 Å². The number of anilines is 1. The minimum Gasteiger partial charge on any atom is -0.406 e. The lowest BCUT2D eigenvalue weighted by Crippen LogP contribution is -2.28. The van der Waals surface area contributed by atoms with Crippen LogP contribution in [-0.4, -0.2) is 51.2 Å². The summed E-state index contributed by atoms with van der Waals surface area (Å²) in [4.78, 5) is 23.5. The number of alkyl halides is 3. The summed E-state index contributed by atoms with van der Waals surface area (Å²) in [7, 11) is 0. The molecule has 45 heavy (non-hydrogen) atoms. The van der Waals surface area contributed by atoms with Crippen molar-refractivity contribution in [3.63, 3.8) is 0 Å². The van der Waals surface area contributed by atoms with Gasteiger partial charge in [-0.05, 0) is 79.6 Å². The minimum atomic E-state index is -4.74. The third kappa shape index (κ3) is 8.87. The zero-order valence-corrected chi connectivity index (χ0v) is 26.0. The van der Waals surface area contributed by atoms with Gasteiger partial charge in [-0.1, -0.05) is 61.5 Å². The summed E-state index contributed by atoms with van der Waals surface area (Å²) >= 11 is 1.62. The van der Waals surface area contributed by atoms with E-state index in [0.717, 1.165) is 66.4 Å². The van der Waals surface area contributed by atoms with Gasteiger partial charge in [-0.25, -0.2) is 14.5 Å². The van der Waals surface area contributed by atoms with E-state index in [9.17, 15) is 18.0 Å². The van der Waals surface area contributed by atoms with Gasteiger partial charge in [0.2, 0.25) is 0 Å². The smallest absolute Gasteiger partial charge is 0.406 e. The van der Waals surface area contributed by atoms with Crippen LogP contribution in [0.2, 0.25) is 0 Å². The molecule has 1 aliphatic heterocycles. The number of hydrogen-bond donors (Lipinski definition) is 1. The summed E-state index contributed by atoms with van der Waals surface area (Å²) < 4.78 is 42.6. The second kappa shape index (κ2) is 14.6. The number of benzene rings is 3. The molecule has 1 fully saturated rings. The average molecular weight is 637 g/mol. The highest BCUT2D eigenvalue weighted by Crippen LogP contribution is 2.30. The van der Waals surface area contributed by atoms with Gasteiger partial charge in [0, 0.05) is 30.1 Å². The first-order valence-corrected chi connectivity index (χ1v) is 15.9. The number of nitrogens with zero attached hydrogens (tertiary/aromatic N) is 5. The summed E-state index contributed by atoms with van der Waals surface area (Å²) in [6.45, 7) is 5.64. The summed E-state index contributed by atoms with van der Waals surface area (Å²) in [5, 5.41) is 8.14. The molecule has 1 saturated heterocycles. The lowest BCUT2D eigenvalue weighted by molar-refractivity contribution is -0.274. The second-order valence-electron chi connectivity index (χ2n) is 10.7. The topological polar surface area (TPSA) is 84.6 Å². The van der Waals surface area contributed by atoms with E-state index in [1.807, 2.05) is 24.3 Å². The Morgan fingerprint density at radius 3 is 2.56 bits per heavy atom. The quantitative estimate of drug-likeness (QED) is 0.170. The van der Waals surface area contributed by atoms with E-state index in [-0.39, 0.29) is 11.8 Å². The van der Waals surface area contributed by atoms with Crippen LogP contribution in [0.15, 0.2) is 78.0 Å². The van der Waals surface area contributed by atoms with Gasteiger partial charge >= 0.3 is 12.4 Å². The van der Waals surface area contributed by atoms with Gasteiger partial charge in [0.1, 0.15) is 12.1 Å². The Bertz CT molecular complexity index is 1620. The van der Waals surface area contributed by atoms with Gasteiger partial charge in [-0.3, -0.25) is 0 Å². The fourth-order valence-corrected chi connectivity index (χ4v) is 5.99. The van der Waals surface area contributed by atoms with E-state index < -0.39 is 6.36 Å². The molecule has 0 saturated carbocycles. The predicted octanol–water partition coefficient (Wildman–Crippen LogP) is 7.74. The number of aryl methyl sites for hydroxylation is 3. The second-order valence-corrected chi connectivity index (χ2v) is 11.8. The number of amides is 2. The third-order valence-corrected chi connectivity index (χ3v) is 8.19. The number of aliphatic imine (C=N–C) groups is 1. The Balaban J connectivity index is 1.07. The van der Waals surface area contributed by atoms with E-state index in [2.05, 4.69) is 62.1 Å². The highest BCUT2D eigenvalue weighted by atomic mass is 32.2. The Morgan fingerprint density at radius 1 is 1.04 bits per heavy atom. The molecular formula is C33H35F3N6O2S. The van der Waals surface area contributed by atoms with Crippen molar-refractivity contribution in [2.45, 2.75) is 52.3 Å². The molecular weight excluding hydrogens is 601 g/mol. The summed E-state index contributed by atoms with van der Waals surface area (Å²) in [5.74, 6) is 1.11. The van der Waals surface area contributed by atoms with Crippen molar-refractivity contribution in [3.05, 3.63) is 89.7 Å². The van der Waals surface area contributed by atoms with Crippen LogP contribution in [0, 0.1) is 6.92 Å². The molecule has 8 nitrogen and oxygen atoms in total. The Kier molecular flexibility index (Phi) is 10.4. The van der Waals surface area contributed by atoms with Crippen molar-refractivity contribution in [1.82, 2.24) is 20.1 Å². The van der Waals surface area contributed by atoms with Gasteiger partial charge in [0.15, 0.2) is 11.0 Å². The molecule has 1 N–H and O–H groups in total. The molecule has 0 bridgehead atoms. The summed E-state index contributed by atoms with van der Waals surface area (Å²) in [5.41, 5.74) is 6.17. The van der Waals surface area contributed by atoms with Gasteiger partial charge in [-0.2, -0.15) is 4.99 Å². The van der Waals surface area contributed by atoms with E-state index in [4.69, 9.17) is 0 Å². The van der Waals surface area contributed by atoms with E-state index in [1.54, 1.807) is 11.8 Å². The molecule has 5 rings (SSSR count). The maximum Gasteiger partial charge on any atom is 0.573 e. The number of hydrogen-bond acceptors (Lipinski definition) is 5. The fourth-order valence-electron chi connectivity index (χ4n) is 5.04. The number of aromatic nitrogens is 3. The lowest BCUT2D eigenvalue weighted by Gasteiger charge is -2.22. The summed E-state index contributed by atoms with van der Waals surface area (Å²) in [6, 6.07) is 19.5. The van der Waals surface area contributed by atoms with Crippen molar-refractivity contribution in [2.24, 2.45) is 4.99 Å². The van der Waals surface area contributed by atoms with Crippen molar-refractivity contribution in [1.29, 1.82) is 0 Å². The predicted molar refractivity (Wildman–Crippen MR) is 172 cm³/mol. The first kappa shape index (κ1) is 32.1. The van der Waals surface area contributed by atoms with Crippen LogP contribution >= 0.6 is 11.8 Å². The number of amidine groups is 1. The highest BCUT2D eigenvalue weighted by Gasteiger charge is 2.31. The molecule has 0 aliphatic carbocycles. The number of nitrogens with one attached hydrogen (secondary N) is 1. The first-order valence-electron chi connectivity index (χ1n) is 14.9. The molecule has 0 atom stereocenters.